The normalized spacial score (nSPS) is 16.8. The highest BCUT2D eigenvalue weighted by molar-refractivity contribution is 7.99. The first-order valence-electron chi connectivity index (χ1n) is 9.28. The Hall–Kier alpha value is -1.60. The van der Waals surface area contributed by atoms with Gasteiger partial charge < -0.3 is 5.32 Å². The average molecular weight is 390 g/mol. The van der Waals surface area contributed by atoms with E-state index in [1.54, 1.807) is 11.3 Å². The Morgan fingerprint density at radius 3 is 2.92 bits per heavy atom. The third-order valence-electron chi connectivity index (χ3n) is 5.16. The van der Waals surface area contributed by atoms with Crippen molar-refractivity contribution in [3.8, 4) is 0 Å². The van der Waals surface area contributed by atoms with Crippen LogP contribution in [0.1, 0.15) is 48.2 Å². The average Bonchev–Trinajstić information content (AvgIpc) is 3.37. The van der Waals surface area contributed by atoms with Gasteiger partial charge in [-0.25, -0.2) is 4.79 Å². The van der Waals surface area contributed by atoms with Crippen LogP contribution in [-0.4, -0.2) is 27.3 Å². The largest absolute Gasteiger partial charge is 0.353 e. The van der Waals surface area contributed by atoms with Crippen molar-refractivity contribution in [1.29, 1.82) is 0 Å². The Morgan fingerprint density at radius 2 is 2.15 bits per heavy atom. The van der Waals surface area contributed by atoms with Gasteiger partial charge in [-0.3, -0.25) is 9.36 Å². The number of rotatable bonds is 6. The lowest BCUT2D eigenvalue weighted by Gasteiger charge is -2.14. The summed E-state index contributed by atoms with van der Waals surface area (Å²) in [6.45, 7) is 0.596. The maximum absolute atomic E-state index is 12.6. The molecule has 1 amide bonds. The van der Waals surface area contributed by atoms with Crippen LogP contribution in [0.4, 0.5) is 0 Å². The van der Waals surface area contributed by atoms with Crippen LogP contribution in [0.25, 0.3) is 0 Å². The van der Waals surface area contributed by atoms with Gasteiger partial charge in [0, 0.05) is 22.2 Å². The van der Waals surface area contributed by atoms with Gasteiger partial charge in [-0.15, -0.1) is 11.3 Å². The smallest absolute Gasteiger partial charge is 0.349 e. The molecular weight excluding hydrogens is 366 g/mol. The van der Waals surface area contributed by atoms with E-state index >= 15 is 0 Å². The first kappa shape index (κ1) is 17.8. The molecule has 138 valence electrons. The summed E-state index contributed by atoms with van der Waals surface area (Å²) in [6, 6.07) is 4.39. The molecule has 2 heterocycles. The number of nitrogens with one attached hydrogen (secondary N) is 1. The number of carbonyl (C=O) groups excluding carboxylic acids is 1. The van der Waals surface area contributed by atoms with Crippen LogP contribution in [0.15, 0.2) is 27.3 Å². The number of nitrogens with zero attached hydrogens (tertiary/aromatic N) is 2. The Bertz CT molecular complexity index is 839. The molecule has 0 aromatic carbocycles. The van der Waals surface area contributed by atoms with Crippen LogP contribution in [-0.2, 0) is 24.2 Å². The van der Waals surface area contributed by atoms with Crippen LogP contribution < -0.4 is 11.0 Å². The number of thioether (sulfide) groups is 1. The third kappa shape index (κ3) is 3.88. The van der Waals surface area contributed by atoms with Gasteiger partial charge in [0.2, 0.25) is 5.91 Å². The van der Waals surface area contributed by atoms with E-state index in [-0.39, 0.29) is 11.6 Å². The molecule has 7 heteroatoms. The maximum Gasteiger partial charge on any atom is 0.349 e. The first-order chi connectivity index (χ1) is 12.7. The molecular formula is C19H23N3O2S2. The maximum atomic E-state index is 12.6. The van der Waals surface area contributed by atoms with E-state index in [9.17, 15) is 9.59 Å². The minimum absolute atomic E-state index is 0.0539. The number of hydrogen-bond acceptors (Lipinski definition) is 5. The molecule has 1 fully saturated rings. The minimum Gasteiger partial charge on any atom is -0.353 e. The van der Waals surface area contributed by atoms with Crippen molar-refractivity contribution in [3.05, 3.63) is 44.1 Å². The molecule has 2 aromatic rings. The highest BCUT2D eigenvalue weighted by atomic mass is 32.2. The van der Waals surface area contributed by atoms with Gasteiger partial charge >= 0.3 is 5.69 Å². The summed E-state index contributed by atoms with van der Waals surface area (Å²) in [5.74, 6) is 0.392. The second kappa shape index (κ2) is 7.96. The van der Waals surface area contributed by atoms with Crippen molar-refractivity contribution in [2.24, 2.45) is 0 Å². The second-order valence-electron chi connectivity index (χ2n) is 6.98. The fourth-order valence-corrected chi connectivity index (χ4v) is 5.48. The van der Waals surface area contributed by atoms with E-state index in [0.29, 0.717) is 18.3 Å². The highest BCUT2D eigenvalue weighted by Crippen LogP contribution is 2.29. The van der Waals surface area contributed by atoms with Gasteiger partial charge in [-0.1, -0.05) is 30.7 Å². The van der Waals surface area contributed by atoms with Crippen LogP contribution in [0.2, 0.25) is 0 Å². The highest BCUT2D eigenvalue weighted by Gasteiger charge is 2.23. The predicted octanol–water partition coefficient (Wildman–Crippen LogP) is 2.99. The van der Waals surface area contributed by atoms with E-state index in [0.717, 1.165) is 42.8 Å². The van der Waals surface area contributed by atoms with Crippen LogP contribution in [0.3, 0.4) is 0 Å². The van der Waals surface area contributed by atoms with E-state index in [4.69, 9.17) is 0 Å². The molecule has 0 bridgehead atoms. The second-order valence-corrected chi connectivity index (χ2v) is 8.98. The molecule has 5 nitrogen and oxygen atoms in total. The summed E-state index contributed by atoms with van der Waals surface area (Å²) in [4.78, 5) is 30.3. The molecule has 0 atom stereocenters. The van der Waals surface area contributed by atoms with E-state index in [1.165, 1.54) is 35.0 Å². The molecule has 26 heavy (non-hydrogen) atoms. The molecule has 4 rings (SSSR count). The van der Waals surface area contributed by atoms with Crippen molar-refractivity contribution in [2.75, 3.05) is 5.75 Å². The molecule has 1 saturated carbocycles. The fourth-order valence-electron chi connectivity index (χ4n) is 3.90. The lowest BCUT2D eigenvalue weighted by Crippen LogP contribution is -2.34. The Kier molecular flexibility index (Phi) is 5.45. The minimum atomic E-state index is -0.197. The topological polar surface area (TPSA) is 64.0 Å². The Balaban J connectivity index is 1.48. The van der Waals surface area contributed by atoms with Crippen LogP contribution >= 0.6 is 23.1 Å². The molecule has 2 aliphatic carbocycles. The number of thiophene rings is 1. The number of hydrogen-bond donors (Lipinski definition) is 1. The van der Waals surface area contributed by atoms with E-state index < -0.39 is 0 Å². The standard InChI is InChI=1S/C19H23N3O2S2/c23-17(20-13-5-1-2-6-13)12-26-18-15-8-3-9-16(15)22(19(24)21-18)11-14-7-4-10-25-14/h4,7,10,13H,1-3,5-6,8-9,11-12H2,(H,20,23). The SMILES string of the molecule is O=C(CSc1nc(=O)n(Cc2cccs2)c2c1CCC2)NC1CCCC1. The van der Waals surface area contributed by atoms with E-state index in [2.05, 4.69) is 16.4 Å². The number of amides is 1. The fraction of sp³-hybridized carbons (Fsp3) is 0.526. The van der Waals surface area contributed by atoms with Gasteiger partial charge in [0.1, 0.15) is 5.03 Å². The zero-order chi connectivity index (χ0) is 17.9. The predicted molar refractivity (Wildman–Crippen MR) is 105 cm³/mol. The van der Waals surface area contributed by atoms with Crippen molar-refractivity contribution in [3.63, 3.8) is 0 Å². The van der Waals surface area contributed by atoms with Crippen molar-refractivity contribution < 1.29 is 4.79 Å². The summed E-state index contributed by atoms with van der Waals surface area (Å²) in [5.41, 5.74) is 2.08. The quantitative estimate of drug-likeness (QED) is 0.609. The Morgan fingerprint density at radius 1 is 1.31 bits per heavy atom. The van der Waals surface area contributed by atoms with Crippen LogP contribution in [0.5, 0.6) is 0 Å². The number of aromatic nitrogens is 2. The lowest BCUT2D eigenvalue weighted by atomic mass is 10.2. The third-order valence-corrected chi connectivity index (χ3v) is 7.03. The molecule has 0 aliphatic heterocycles. The number of fused-ring (bicyclic) bond motifs is 1. The monoisotopic (exact) mass is 389 g/mol. The molecule has 0 saturated heterocycles. The molecule has 0 spiro atoms. The van der Waals surface area contributed by atoms with E-state index in [1.807, 2.05) is 16.0 Å². The van der Waals surface area contributed by atoms with Crippen molar-refractivity contribution in [2.45, 2.75) is 62.6 Å². The van der Waals surface area contributed by atoms with Crippen molar-refractivity contribution in [1.82, 2.24) is 14.9 Å². The van der Waals surface area contributed by atoms with Gasteiger partial charge in [0.05, 0.1) is 12.3 Å². The summed E-state index contributed by atoms with van der Waals surface area (Å²) in [7, 11) is 0. The lowest BCUT2D eigenvalue weighted by molar-refractivity contribution is -0.119. The zero-order valence-electron chi connectivity index (χ0n) is 14.7. The Labute approximate surface area is 161 Å². The zero-order valence-corrected chi connectivity index (χ0v) is 16.3. The summed E-state index contributed by atoms with van der Waals surface area (Å²) < 4.78 is 1.82. The summed E-state index contributed by atoms with van der Waals surface area (Å²) >= 11 is 3.07. The van der Waals surface area contributed by atoms with Gasteiger partial charge in [0.15, 0.2) is 0 Å². The number of carbonyl (C=O) groups is 1. The first-order valence-corrected chi connectivity index (χ1v) is 11.1. The van der Waals surface area contributed by atoms with Crippen LogP contribution in [0, 0.1) is 0 Å². The molecule has 1 N–H and O–H groups in total. The summed E-state index contributed by atoms with van der Waals surface area (Å²) in [6.07, 6.45) is 7.49. The van der Waals surface area contributed by atoms with Gasteiger partial charge in [0.25, 0.3) is 0 Å². The van der Waals surface area contributed by atoms with Gasteiger partial charge in [-0.2, -0.15) is 4.98 Å². The van der Waals surface area contributed by atoms with Gasteiger partial charge in [-0.05, 0) is 43.6 Å². The molecule has 0 unspecified atom stereocenters. The molecule has 2 aromatic heterocycles. The molecule has 0 radical (unpaired) electrons. The molecule has 2 aliphatic rings. The van der Waals surface area contributed by atoms with Crippen molar-refractivity contribution >= 4 is 29.0 Å². The summed E-state index contributed by atoms with van der Waals surface area (Å²) in [5, 5.41) is 5.89.